The lowest BCUT2D eigenvalue weighted by Gasteiger charge is -2.22. The zero-order valence-electron chi connectivity index (χ0n) is 21.9. The van der Waals surface area contributed by atoms with Crippen molar-refractivity contribution in [1.82, 2.24) is 14.0 Å². The summed E-state index contributed by atoms with van der Waals surface area (Å²) in [4.78, 5) is 4.67. The summed E-state index contributed by atoms with van der Waals surface area (Å²) in [7, 11) is 2.21. The van der Waals surface area contributed by atoms with Crippen LogP contribution in [0.15, 0.2) is 85.1 Å². The van der Waals surface area contributed by atoms with Crippen molar-refractivity contribution in [2.24, 2.45) is 7.05 Å². The molecule has 5 heteroatoms. The number of rotatable bonds is 2. The Balaban J connectivity index is 1.66. The average Bonchev–Trinajstić information content (AvgIpc) is 3.43. The summed E-state index contributed by atoms with van der Waals surface area (Å²) in [6.45, 7) is 8.90. The highest BCUT2D eigenvalue weighted by Gasteiger charge is 2.19. The molecule has 0 spiro atoms. The Morgan fingerprint density at radius 1 is 0.757 bits per heavy atom. The van der Waals surface area contributed by atoms with Crippen LogP contribution in [-0.2, 0) is 7.05 Å². The molecular weight excluding hydrogens is 451 g/mol. The standard InChI is InChI=1S/C32H29BN4/c1-20-14-22(3)31(23(4)15-20)33-18-24-17-29(36-19-34-25-10-6-7-11-26(25)36)21(2)16-30(24)37-28-13-9-8-12-27(28)35(5)32(33)37/h6-19H,1-5H3. The second-order valence-corrected chi connectivity index (χ2v) is 10.5. The van der Waals surface area contributed by atoms with E-state index in [1.54, 1.807) is 0 Å². The predicted molar refractivity (Wildman–Crippen MR) is 154 cm³/mol. The fourth-order valence-corrected chi connectivity index (χ4v) is 6.52. The molecule has 37 heavy (non-hydrogen) atoms. The lowest BCUT2D eigenvalue weighted by molar-refractivity contribution is -0.616. The second-order valence-electron chi connectivity index (χ2n) is 10.5. The lowest BCUT2D eigenvalue weighted by atomic mass is 9.56. The summed E-state index contributed by atoms with van der Waals surface area (Å²) < 4.78 is 7.08. The van der Waals surface area contributed by atoms with Crippen molar-refractivity contribution >= 4 is 44.9 Å². The third-order valence-electron chi connectivity index (χ3n) is 8.03. The Labute approximate surface area is 216 Å². The molecule has 0 bridgehead atoms. The largest absolute Gasteiger partial charge is 0.299 e. The van der Waals surface area contributed by atoms with Crippen molar-refractivity contribution in [3.63, 3.8) is 0 Å². The van der Waals surface area contributed by atoms with Gasteiger partial charge >= 0.3 is 0 Å². The van der Waals surface area contributed by atoms with E-state index in [-0.39, 0.29) is 6.34 Å². The molecule has 0 radical (unpaired) electrons. The monoisotopic (exact) mass is 480 g/mol. The normalized spacial score (nSPS) is 11.9. The third-order valence-corrected chi connectivity index (χ3v) is 8.03. The van der Waals surface area contributed by atoms with E-state index in [2.05, 4.69) is 126 Å². The smallest absolute Gasteiger partial charge is 0.176 e. The molecule has 0 amide bonds. The summed E-state index contributed by atoms with van der Waals surface area (Å²) in [5.74, 6) is 2.47. The maximum Gasteiger partial charge on any atom is 0.176 e. The number of hydrogen-bond acceptors (Lipinski definition) is 1. The first-order valence-corrected chi connectivity index (χ1v) is 12.9. The summed E-state index contributed by atoms with van der Waals surface area (Å²) in [6.07, 6.45) is 2.09. The molecule has 0 aliphatic rings. The fourth-order valence-electron chi connectivity index (χ4n) is 6.52. The molecule has 7 aromatic rings. The van der Waals surface area contributed by atoms with Gasteiger partial charge in [-0.15, -0.1) is 0 Å². The number of hydrogen-bond donors (Lipinski definition) is 0. The quantitative estimate of drug-likeness (QED) is 0.254. The highest BCUT2D eigenvalue weighted by Crippen LogP contribution is 2.31. The van der Waals surface area contributed by atoms with Gasteiger partial charge in [0.2, 0.25) is 0 Å². The number of imidazole rings is 2. The summed E-state index contributed by atoms with van der Waals surface area (Å²) in [5, 5.41) is 1.25. The van der Waals surface area contributed by atoms with Crippen LogP contribution in [-0.4, -0.2) is 20.3 Å². The lowest BCUT2D eigenvalue weighted by Crippen LogP contribution is -2.31. The topological polar surface area (TPSA) is 26.1 Å². The van der Waals surface area contributed by atoms with E-state index in [0.29, 0.717) is 0 Å². The van der Waals surface area contributed by atoms with Crippen molar-refractivity contribution in [1.29, 1.82) is 0 Å². The van der Waals surface area contributed by atoms with Gasteiger partial charge in [0.25, 0.3) is 0 Å². The first kappa shape index (κ1) is 22.0. The Kier molecular flexibility index (Phi) is 4.68. The Morgan fingerprint density at radius 2 is 1.46 bits per heavy atom. The molecular formula is C32H29BN4. The molecule has 4 nitrogen and oxygen atoms in total. The van der Waals surface area contributed by atoms with Crippen molar-refractivity contribution in [3.05, 3.63) is 107 Å². The van der Waals surface area contributed by atoms with Crippen LogP contribution < -0.4 is 4.57 Å². The average molecular weight is 480 g/mol. The van der Waals surface area contributed by atoms with Gasteiger partial charge in [-0.3, -0.25) is 9.13 Å². The van der Waals surface area contributed by atoms with Crippen LogP contribution in [0.1, 0.15) is 22.3 Å². The van der Waals surface area contributed by atoms with E-state index >= 15 is 0 Å². The second kappa shape index (κ2) is 7.88. The van der Waals surface area contributed by atoms with Gasteiger partial charge in [0, 0.05) is 6.34 Å². The zero-order chi connectivity index (χ0) is 25.4. The number of benzene rings is 4. The minimum atomic E-state index is 0.139. The van der Waals surface area contributed by atoms with Crippen LogP contribution in [0.4, 0.5) is 0 Å². The zero-order valence-corrected chi connectivity index (χ0v) is 21.9. The van der Waals surface area contributed by atoms with Gasteiger partial charge in [0.15, 0.2) is 11.0 Å². The maximum absolute atomic E-state index is 4.67. The molecule has 180 valence electrons. The predicted octanol–water partition coefficient (Wildman–Crippen LogP) is 6.66. The van der Waals surface area contributed by atoms with Crippen LogP contribution in [0.3, 0.4) is 0 Å². The molecule has 3 heterocycles. The van der Waals surface area contributed by atoms with E-state index in [1.165, 1.54) is 60.9 Å². The third kappa shape index (κ3) is 3.13. The van der Waals surface area contributed by atoms with Crippen LogP contribution in [0.25, 0.3) is 49.7 Å². The van der Waals surface area contributed by atoms with Gasteiger partial charge in [0.05, 0.1) is 29.3 Å². The molecule has 3 aromatic heterocycles. The van der Waals surface area contributed by atoms with Crippen LogP contribution in [0.5, 0.6) is 0 Å². The number of para-hydroxylation sites is 4. The molecule has 0 saturated carbocycles. The van der Waals surface area contributed by atoms with Crippen LogP contribution in [0, 0.1) is 27.7 Å². The number of fused-ring (bicyclic) bond motifs is 6. The van der Waals surface area contributed by atoms with Crippen LogP contribution in [0.2, 0.25) is 0 Å². The van der Waals surface area contributed by atoms with E-state index < -0.39 is 0 Å². The Morgan fingerprint density at radius 3 is 2.24 bits per heavy atom. The van der Waals surface area contributed by atoms with Gasteiger partial charge in [-0.2, -0.15) is 0 Å². The minimum Gasteiger partial charge on any atom is -0.299 e. The Bertz CT molecular complexity index is 2020. The summed E-state index contributed by atoms with van der Waals surface area (Å²) in [6, 6.07) is 26.4. The van der Waals surface area contributed by atoms with Gasteiger partial charge in [-0.1, -0.05) is 53.1 Å². The summed E-state index contributed by atoms with van der Waals surface area (Å²) in [5.41, 5.74) is 14.9. The highest BCUT2D eigenvalue weighted by atomic mass is 15.1. The van der Waals surface area contributed by atoms with Gasteiger partial charge in [0.1, 0.15) is 11.8 Å². The number of aryl methyl sites for hydroxylation is 5. The van der Waals surface area contributed by atoms with Crippen LogP contribution >= 0.6 is 0 Å². The molecule has 0 fully saturated rings. The van der Waals surface area contributed by atoms with Gasteiger partial charge < -0.3 is 0 Å². The minimum absolute atomic E-state index is 0.139. The Hall–Kier alpha value is -4.25. The van der Waals surface area contributed by atoms with Crippen molar-refractivity contribution in [2.75, 3.05) is 0 Å². The molecule has 0 aliphatic carbocycles. The van der Waals surface area contributed by atoms with Gasteiger partial charge in [-0.25, -0.2) is 20.8 Å². The van der Waals surface area contributed by atoms with Crippen molar-refractivity contribution in [3.8, 4) is 11.2 Å². The molecule has 4 aromatic carbocycles. The van der Waals surface area contributed by atoms with E-state index in [9.17, 15) is 0 Å². The molecule has 0 aliphatic heterocycles. The maximum atomic E-state index is 4.67. The molecule has 0 unspecified atom stereocenters. The first-order chi connectivity index (χ1) is 17.9. The highest BCUT2D eigenvalue weighted by molar-refractivity contribution is 6.73. The molecule has 0 N–H and O–H groups in total. The molecule has 7 rings (SSSR count). The van der Waals surface area contributed by atoms with Gasteiger partial charge in [-0.05, 0) is 75.0 Å². The van der Waals surface area contributed by atoms with Crippen molar-refractivity contribution in [2.45, 2.75) is 27.7 Å². The van der Waals surface area contributed by atoms with E-state index in [1.807, 2.05) is 12.4 Å². The molecule has 0 saturated heterocycles. The summed E-state index contributed by atoms with van der Waals surface area (Å²) >= 11 is 0. The number of aromatic nitrogens is 4. The van der Waals surface area contributed by atoms with E-state index in [0.717, 1.165) is 11.0 Å². The SMILES string of the molecule is Cc1cc(C)c(-[b-]2cc3cc(-n4cnc5ccccc54)c(C)cc3n3c4ccccc4[n+](C)c23)c(C)c1. The fraction of sp³-hybridized carbons (Fsp3) is 0.156. The van der Waals surface area contributed by atoms with E-state index in [4.69, 9.17) is 0 Å². The molecule has 0 atom stereocenters. The van der Waals surface area contributed by atoms with Crippen molar-refractivity contribution < 1.29 is 4.57 Å². The first-order valence-electron chi connectivity index (χ1n) is 12.9. The number of nitrogens with zero attached hydrogens (tertiary/aromatic N) is 4.